The number of aromatic nitrogens is 2. The van der Waals surface area contributed by atoms with Gasteiger partial charge in [-0.3, -0.25) is 9.69 Å². The van der Waals surface area contributed by atoms with Gasteiger partial charge >= 0.3 is 6.18 Å². The standard InChI is InChI=1S/C19H24F3N5O/c1-13-11-15(14(2)27(13)17-5-3-4-6-24-17)18(28)25-12-16(19(20,21)22)26-9-7-23-8-10-26/h3-6,11,16,23H,7-10,12H2,1-2H3,(H,25,28). The molecule has 1 atom stereocenters. The minimum atomic E-state index is -4.41. The van der Waals surface area contributed by atoms with Crippen LogP contribution < -0.4 is 10.6 Å². The predicted octanol–water partition coefficient (Wildman–Crippen LogP) is 2.06. The Bertz CT molecular complexity index is 813. The van der Waals surface area contributed by atoms with E-state index in [0.717, 1.165) is 5.69 Å². The number of rotatable bonds is 5. The van der Waals surface area contributed by atoms with E-state index in [1.165, 1.54) is 4.90 Å². The molecular formula is C19H24F3N5O. The SMILES string of the molecule is Cc1cc(C(=O)NCC(N2CCNCC2)C(F)(F)F)c(C)n1-c1ccccn1. The van der Waals surface area contributed by atoms with Gasteiger partial charge in [0, 0.05) is 50.3 Å². The summed E-state index contributed by atoms with van der Waals surface area (Å²) in [5.41, 5.74) is 1.78. The van der Waals surface area contributed by atoms with Crippen molar-refractivity contribution in [2.24, 2.45) is 0 Å². The highest BCUT2D eigenvalue weighted by atomic mass is 19.4. The smallest absolute Gasteiger partial charge is 0.350 e. The van der Waals surface area contributed by atoms with Gasteiger partial charge in [-0.15, -0.1) is 0 Å². The van der Waals surface area contributed by atoms with Crippen molar-refractivity contribution in [3.8, 4) is 5.82 Å². The molecular weight excluding hydrogens is 371 g/mol. The maximum absolute atomic E-state index is 13.5. The molecule has 1 aliphatic heterocycles. The summed E-state index contributed by atoms with van der Waals surface area (Å²) in [6.45, 7) is 4.72. The summed E-state index contributed by atoms with van der Waals surface area (Å²) in [6.07, 6.45) is -2.76. The molecule has 2 N–H and O–H groups in total. The van der Waals surface area contributed by atoms with E-state index in [1.807, 2.05) is 23.6 Å². The van der Waals surface area contributed by atoms with Crippen molar-refractivity contribution in [2.75, 3.05) is 32.7 Å². The van der Waals surface area contributed by atoms with Crippen LogP contribution in [0.15, 0.2) is 30.5 Å². The quantitative estimate of drug-likeness (QED) is 0.814. The Morgan fingerprint density at radius 3 is 2.61 bits per heavy atom. The van der Waals surface area contributed by atoms with Crippen molar-refractivity contribution in [1.29, 1.82) is 0 Å². The number of aryl methyl sites for hydroxylation is 1. The van der Waals surface area contributed by atoms with E-state index < -0.39 is 24.7 Å². The first-order valence-corrected chi connectivity index (χ1v) is 9.19. The number of nitrogens with zero attached hydrogens (tertiary/aromatic N) is 3. The minimum Gasteiger partial charge on any atom is -0.350 e. The van der Waals surface area contributed by atoms with Gasteiger partial charge in [0.1, 0.15) is 11.9 Å². The molecule has 0 aromatic carbocycles. The van der Waals surface area contributed by atoms with Crippen LogP contribution in [0, 0.1) is 13.8 Å². The first-order valence-electron chi connectivity index (χ1n) is 9.19. The second-order valence-electron chi connectivity index (χ2n) is 6.86. The summed E-state index contributed by atoms with van der Waals surface area (Å²) in [7, 11) is 0. The Hall–Kier alpha value is -2.39. The van der Waals surface area contributed by atoms with Gasteiger partial charge in [0.2, 0.25) is 0 Å². The van der Waals surface area contributed by atoms with E-state index in [0.29, 0.717) is 43.3 Å². The topological polar surface area (TPSA) is 62.2 Å². The van der Waals surface area contributed by atoms with Gasteiger partial charge in [-0.2, -0.15) is 13.2 Å². The van der Waals surface area contributed by atoms with Crippen molar-refractivity contribution in [1.82, 2.24) is 25.1 Å². The van der Waals surface area contributed by atoms with Gasteiger partial charge in [-0.1, -0.05) is 6.07 Å². The molecule has 1 amide bonds. The number of nitrogens with one attached hydrogen (secondary N) is 2. The molecule has 2 aromatic rings. The molecule has 0 aliphatic carbocycles. The molecule has 0 radical (unpaired) electrons. The van der Waals surface area contributed by atoms with Crippen LogP contribution in [-0.2, 0) is 0 Å². The molecule has 0 bridgehead atoms. The van der Waals surface area contributed by atoms with Crippen LogP contribution in [0.4, 0.5) is 13.2 Å². The number of pyridine rings is 1. The summed E-state index contributed by atoms with van der Waals surface area (Å²) in [6, 6.07) is 5.41. The lowest BCUT2D eigenvalue weighted by Crippen LogP contribution is -2.57. The zero-order valence-corrected chi connectivity index (χ0v) is 15.9. The molecule has 3 heterocycles. The monoisotopic (exact) mass is 395 g/mol. The lowest BCUT2D eigenvalue weighted by Gasteiger charge is -2.35. The van der Waals surface area contributed by atoms with Crippen molar-refractivity contribution in [3.05, 3.63) is 47.4 Å². The molecule has 0 spiro atoms. The second kappa shape index (κ2) is 8.32. The summed E-state index contributed by atoms with van der Waals surface area (Å²) in [4.78, 5) is 18.3. The van der Waals surface area contributed by atoms with E-state index in [2.05, 4.69) is 15.6 Å². The van der Waals surface area contributed by atoms with E-state index in [1.54, 1.807) is 25.3 Å². The number of piperazine rings is 1. The summed E-state index contributed by atoms with van der Waals surface area (Å²) >= 11 is 0. The fourth-order valence-electron chi connectivity index (χ4n) is 3.56. The van der Waals surface area contributed by atoms with Crippen molar-refractivity contribution in [2.45, 2.75) is 26.1 Å². The molecule has 2 aromatic heterocycles. The number of halogens is 3. The first-order chi connectivity index (χ1) is 13.3. The third-order valence-electron chi connectivity index (χ3n) is 4.98. The Morgan fingerprint density at radius 1 is 1.29 bits per heavy atom. The van der Waals surface area contributed by atoms with Gasteiger partial charge in [-0.25, -0.2) is 4.98 Å². The summed E-state index contributed by atoms with van der Waals surface area (Å²) in [5.74, 6) is 0.144. The molecule has 1 aliphatic rings. The summed E-state index contributed by atoms with van der Waals surface area (Å²) < 4.78 is 42.3. The highest BCUT2D eigenvalue weighted by Crippen LogP contribution is 2.25. The molecule has 3 rings (SSSR count). The fourth-order valence-corrected chi connectivity index (χ4v) is 3.56. The molecule has 1 unspecified atom stereocenters. The molecule has 1 fully saturated rings. The molecule has 152 valence electrons. The molecule has 6 nitrogen and oxygen atoms in total. The molecule has 28 heavy (non-hydrogen) atoms. The number of hydrogen-bond donors (Lipinski definition) is 2. The normalized spacial score (nSPS) is 16.8. The molecule has 0 saturated carbocycles. The lowest BCUT2D eigenvalue weighted by atomic mass is 10.2. The van der Waals surface area contributed by atoms with Gasteiger partial charge in [0.15, 0.2) is 0 Å². The van der Waals surface area contributed by atoms with Crippen LogP contribution in [0.1, 0.15) is 21.7 Å². The van der Waals surface area contributed by atoms with Crippen LogP contribution >= 0.6 is 0 Å². The maximum atomic E-state index is 13.5. The first kappa shape index (κ1) is 20.3. The van der Waals surface area contributed by atoms with Gasteiger partial charge in [0.05, 0.1) is 5.56 Å². The zero-order valence-electron chi connectivity index (χ0n) is 15.9. The van der Waals surface area contributed by atoms with E-state index in [-0.39, 0.29) is 0 Å². The highest BCUT2D eigenvalue weighted by Gasteiger charge is 2.43. The minimum absolute atomic E-state index is 0.300. The van der Waals surface area contributed by atoms with E-state index >= 15 is 0 Å². The van der Waals surface area contributed by atoms with Gasteiger partial charge in [-0.05, 0) is 32.0 Å². The number of alkyl halides is 3. The average molecular weight is 395 g/mol. The Balaban J connectivity index is 1.75. The maximum Gasteiger partial charge on any atom is 0.405 e. The predicted molar refractivity (Wildman–Crippen MR) is 99.7 cm³/mol. The van der Waals surface area contributed by atoms with Crippen molar-refractivity contribution >= 4 is 5.91 Å². The molecule has 9 heteroatoms. The van der Waals surface area contributed by atoms with Gasteiger partial charge in [0.25, 0.3) is 5.91 Å². The third-order valence-corrected chi connectivity index (χ3v) is 4.98. The van der Waals surface area contributed by atoms with E-state index in [9.17, 15) is 18.0 Å². The number of carbonyl (C=O) groups excluding carboxylic acids is 1. The number of amides is 1. The largest absolute Gasteiger partial charge is 0.405 e. The average Bonchev–Trinajstić information content (AvgIpc) is 2.96. The Morgan fingerprint density at radius 2 is 2.00 bits per heavy atom. The third kappa shape index (κ3) is 4.36. The van der Waals surface area contributed by atoms with E-state index in [4.69, 9.17) is 0 Å². The van der Waals surface area contributed by atoms with Gasteiger partial charge < -0.3 is 15.2 Å². The van der Waals surface area contributed by atoms with Crippen molar-refractivity contribution < 1.29 is 18.0 Å². The zero-order chi connectivity index (χ0) is 20.3. The molecule has 1 saturated heterocycles. The lowest BCUT2D eigenvalue weighted by molar-refractivity contribution is -0.183. The Kier molecular flexibility index (Phi) is 6.04. The van der Waals surface area contributed by atoms with Crippen LogP contribution in [0.2, 0.25) is 0 Å². The fraction of sp³-hybridized carbons (Fsp3) is 0.474. The highest BCUT2D eigenvalue weighted by molar-refractivity contribution is 5.95. The van der Waals surface area contributed by atoms with Crippen LogP contribution in [-0.4, -0.2) is 65.3 Å². The number of carbonyl (C=O) groups is 1. The number of hydrogen-bond acceptors (Lipinski definition) is 4. The second-order valence-corrected chi connectivity index (χ2v) is 6.86. The van der Waals surface area contributed by atoms with Crippen molar-refractivity contribution in [3.63, 3.8) is 0 Å². The van der Waals surface area contributed by atoms with Crippen LogP contribution in [0.3, 0.4) is 0 Å². The Labute approximate surface area is 161 Å². The summed E-state index contributed by atoms with van der Waals surface area (Å²) in [5, 5.41) is 5.52. The van der Waals surface area contributed by atoms with Crippen LogP contribution in [0.5, 0.6) is 0 Å². The van der Waals surface area contributed by atoms with Crippen LogP contribution in [0.25, 0.3) is 5.82 Å².